The number of benzene rings is 2. The third-order valence-corrected chi connectivity index (χ3v) is 6.96. The highest BCUT2D eigenvalue weighted by Gasteiger charge is 2.31. The zero-order valence-electron chi connectivity index (χ0n) is 16.0. The number of thioether (sulfide) groups is 2. The molecule has 0 bridgehead atoms. The summed E-state index contributed by atoms with van der Waals surface area (Å²) in [6, 6.07) is 13.2. The first-order valence-corrected chi connectivity index (χ1v) is 10.8. The van der Waals surface area contributed by atoms with Gasteiger partial charge in [0.15, 0.2) is 5.78 Å². The number of aliphatic imine (C=N–C) groups is 1. The highest BCUT2D eigenvalue weighted by Crippen LogP contribution is 2.46. The van der Waals surface area contributed by atoms with Crippen molar-refractivity contribution in [1.82, 2.24) is 0 Å². The molecule has 0 spiro atoms. The monoisotopic (exact) mass is 425 g/mol. The number of rotatable bonds is 5. The van der Waals surface area contributed by atoms with Crippen LogP contribution in [-0.2, 0) is 4.79 Å². The summed E-state index contributed by atoms with van der Waals surface area (Å²) in [4.78, 5) is 30.4. The molecule has 0 aliphatic carbocycles. The summed E-state index contributed by atoms with van der Waals surface area (Å²) in [5.41, 5.74) is 1.96. The summed E-state index contributed by atoms with van der Waals surface area (Å²) in [6.45, 7) is 0. The van der Waals surface area contributed by atoms with Crippen molar-refractivity contribution in [2.75, 3.05) is 14.2 Å². The van der Waals surface area contributed by atoms with E-state index in [0.29, 0.717) is 40.6 Å². The maximum atomic E-state index is 12.8. The molecule has 148 valence electrons. The molecule has 0 N–H and O–H groups in total. The average molecular weight is 426 g/mol. The van der Waals surface area contributed by atoms with Crippen LogP contribution >= 0.6 is 23.5 Å². The van der Waals surface area contributed by atoms with Gasteiger partial charge in [0.2, 0.25) is 5.12 Å². The number of hydrogen-bond acceptors (Lipinski definition) is 7. The minimum absolute atomic E-state index is 0.0114. The van der Waals surface area contributed by atoms with Crippen LogP contribution in [0.2, 0.25) is 0 Å². The number of allylic oxidation sites excluding steroid dienone is 1. The van der Waals surface area contributed by atoms with Crippen LogP contribution in [0.25, 0.3) is 0 Å². The fourth-order valence-corrected chi connectivity index (χ4v) is 5.47. The normalized spacial score (nSPS) is 19.9. The Hall–Kier alpha value is -2.51. The van der Waals surface area contributed by atoms with Gasteiger partial charge in [0, 0.05) is 17.2 Å². The second kappa shape index (κ2) is 8.47. The molecule has 1 unspecified atom stereocenters. The Morgan fingerprint density at radius 2 is 1.79 bits per heavy atom. The van der Waals surface area contributed by atoms with Crippen LogP contribution in [-0.4, -0.2) is 35.4 Å². The van der Waals surface area contributed by atoms with E-state index in [1.54, 1.807) is 32.0 Å². The molecule has 2 aliphatic rings. The number of ether oxygens (including phenoxy) is 2. The van der Waals surface area contributed by atoms with Gasteiger partial charge in [0.05, 0.1) is 24.7 Å². The largest absolute Gasteiger partial charge is 0.496 e. The van der Waals surface area contributed by atoms with Gasteiger partial charge >= 0.3 is 0 Å². The Balaban J connectivity index is 1.55. The van der Waals surface area contributed by atoms with Gasteiger partial charge in [0.25, 0.3) is 0 Å². The summed E-state index contributed by atoms with van der Waals surface area (Å²) in [6.07, 6.45) is 2.79. The Morgan fingerprint density at radius 1 is 1.07 bits per heavy atom. The minimum Gasteiger partial charge on any atom is -0.496 e. The zero-order chi connectivity index (χ0) is 20.4. The van der Waals surface area contributed by atoms with E-state index in [2.05, 4.69) is 4.99 Å². The number of hydrogen-bond donors (Lipinski definition) is 0. The van der Waals surface area contributed by atoms with Crippen molar-refractivity contribution < 1.29 is 19.1 Å². The molecule has 7 heteroatoms. The molecule has 0 fully saturated rings. The van der Waals surface area contributed by atoms with E-state index in [0.717, 1.165) is 22.2 Å². The third-order valence-electron chi connectivity index (χ3n) is 4.71. The molecule has 0 radical (unpaired) electrons. The number of Topliss-reactive ketones (excluding diaryl/α,β-unsaturated/α-hetero) is 1. The van der Waals surface area contributed by atoms with Crippen LogP contribution in [0.3, 0.4) is 0 Å². The molecule has 2 aromatic rings. The van der Waals surface area contributed by atoms with Gasteiger partial charge < -0.3 is 9.47 Å². The van der Waals surface area contributed by atoms with Crippen LogP contribution in [0.1, 0.15) is 28.8 Å². The van der Waals surface area contributed by atoms with E-state index >= 15 is 0 Å². The lowest BCUT2D eigenvalue weighted by Gasteiger charge is -2.25. The lowest BCUT2D eigenvalue weighted by molar-refractivity contribution is -0.107. The molecule has 4 rings (SSSR count). The van der Waals surface area contributed by atoms with Gasteiger partial charge in [0.1, 0.15) is 22.2 Å². The van der Waals surface area contributed by atoms with Crippen LogP contribution in [0.15, 0.2) is 64.1 Å². The molecule has 5 nitrogen and oxygen atoms in total. The van der Waals surface area contributed by atoms with Gasteiger partial charge in [-0.2, -0.15) is 0 Å². The summed E-state index contributed by atoms with van der Waals surface area (Å²) < 4.78 is 10.8. The predicted octanol–water partition coefficient (Wildman–Crippen LogP) is 4.75. The van der Waals surface area contributed by atoms with Crippen molar-refractivity contribution in [3.05, 3.63) is 65.4 Å². The molecule has 0 amide bonds. The van der Waals surface area contributed by atoms with Crippen molar-refractivity contribution in [1.29, 1.82) is 0 Å². The maximum absolute atomic E-state index is 12.8. The highest BCUT2D eigenvalue weighted by atomic mass is 32.2. The average Bonchev–Trinajstić information content (AvgIpc) is 3.12. The Morgan fingerprint density at radius 3 is 2.52 bits per heavy atom. The van der Waals surface area contributed by atoms with Crippen molar-refractivity contribution >= 4 is 39.5 Å². The summed E-state index contributed by atoms with van der Waals surface area (Å²) in [7, 11) is 3.15. The first-order chi connectivity index (χ1) is 14.1. The van der Waals surface area contributed by atoms with E-state index in [1.165, 1.54) is 0 Å². The third kappa shape index (κ3) is 3.97. The molecule has 2 aromatic carbocycles. The number of ketones is 1. The van der Waals surface area contributed by atoms with E-state index in [9.17, 15) is 9.59 Å². The van der Waals surface area contributed by atoms with Crippen LogP contribution in [0, 0.1) is 0 Å². The molecule has 1 atom stereocenters. The van der Waals surface area contributed by atoms with Crippen LogP contribution in [0.5, 0.6) is 11.5 Å². The van der Waals surface area contributed by atoms with E-state index in [4.69, 9.17) is 9.47 Å². The zero-order valence-corrected chi connectivity index (χ0v) is 17.6. The Kier molecular flexibility index (Phi) is 5.78. The topological polar surface area (TPSA) is 65.0 Å². The molecule has 0 aromatic heterocycles. The van der Waals surface area contributed by atoms with Crippen molar-refractivity contribution in [2.45, 2.75) is 23.0 Å². The molecular weight excluding hydrogens is 406 g/mol. The second-order valence-electron chi connectivity index (χ2n) is 6.54. The SMILES string of the molecule is COc1ccc(OC)c2c1SC(CC=C1N=C(c3ccccc3)SC1=O)CC2=O. The lowest BCUT2D eigenvalue weighted by atomic mass is 10.0. The van der Waals surface area contributed by atoms with E-state index in [1.807, 2.05) is 42.5 Å². The van der Waals surface area contributed by atoms with E-state index < -0.39 is 0 Å². The summed E-state index contributed by atoms with van der Waals surface area (Å²) in [5, 5.41) is 0.666. The number of carbonyl (C=O) groups is 2. The Bertz CT molecular complexity index is 1030. The summed E-state index contributed by atoms with van der Waals surface area (Å²) in [5.74, 6) is 1.25. The van der Waals surface area contributed by atoms with Gasteiger partial charge in [-0.3, -0.25) is 9.59 Å². The number of fused-ring (bicyclic) bond motifs is 1. The first kappa shape index (κ1) is 19.8. The maximum Gasteiger partial charge on any atom is 0.243 e. The molecule has 29 heavy (non-hydrogen) atoms. The van der Waals surface area contributed by atoms with Gasteiger partial charge in [-0.05, 0) is 30.3 Å². The predicted molar refractivity (Wildman–Crippen MR) is 116 cm³/mol. The lowest BCUT2D eigenvalue weighted by Crippen LogP contribution is -2.18. The molecule has 2 aliphatic heterocycles. The fraction of sp³-hybridized carbons (Fsp3) is 0.227. The second-order valence-corrected chi connectivity index (χ2v) is 8.81. The standard InChI is InChI=1S/C22H19NO4S2/c1-26-17-10-11-18(27-2)20-19(17)16(24)12-14(28-20)8-9-15-22(25)29-21(23-15)13-6-4-3-5-7-13/h3-7,9-11,14H,8,12H2,1-2H3. The number of methoxy groups -OCH3 is 2. The highest BCUT2D eigenvalue weighted by molar-refractivity contribution is 8.27. The number of nitrogens with zero attached hydrogens (tertiary/aromatic N) is 1. The Labute approximate surface area is 177 Å². The van der Waals surface area contributed by atoms with Crippen LogP contribution < -0.4 is 9.47 Å². The smallest absolute Gasteiger partial charge is 0.243 e. The molecule has 0 saturated carbocycles. The van der Waals surface area contributed by atoms with Gasteiger partial charge in [-0.25, -0.2) is 4.99 Å². The minimum atomic E-state index is -0.0596. The number of carbonyl (C=O) groups excluding carboxylic acids is 2. The van der Waals surface area contributed by atoms with E-state index in [-0.39, 0.29) is 16.1 Å². The van der Waals surface area contributed by atoms with Crippen molar-refractivity contribution in [3.8, 4) is 11.5 Å². The van der Waals surface area contributed by atoms with Gasteiger partial charge in [-0.1, -0.05) is 36.4 Å². The molecular formula is C22H19NO4S2. The first-order valence-electron chi connectivity index (χ1n) is 9.12. The molecule has 2 heterocycles. The van der Waals surface area contributed by atoms with Crippen molar-refractivity contribution in [2.24, 2.45) is 4.99 Å². The quantitative estimate of drug-likeness (QED) is 0.645. The fourth-order valence-electron chi connectivity index (χ4n) is 3.30. The van der Waals surface area contributed by atoms with Crippen LogP contribution in [0.4, 0.5) is 0 Å². The molecule has 0 saturated heterocycles. The summed E-state index contributed by atoms with van der Waals surface area (Å²) >= 11 is 2.73. The van der Waals surface area contributed by atoms with Gasteiger partial charge in [-0.15, -0.1) is 11.8 Å². The van der Waals surface area contributed by atoms with Crippen molar-refractivity contribution in [3.63, 3.8) is 0 Å².